The summed E-state index contributed by atoms with van der Waals surface area (Å²) in [7, 11) is 0. The fraction of sp³-hybridized carbons (Fsp3) is 0.833. The van der Waals surface area contributed by atoms with Crippen LogP contribution in [0.5, 0.6) is 0 Å². The Labute approximate surface area is 208 Å². The number of aliphatic hydroxyl groups excluding tert-OH is 1. The predicted octanol–water partition coefficient (Wildman–Crippen LogP) is 1.38. The smallest absolute Gasteiger partial charge is 0.383 e. The van der Waals surface area contributed by atoms with Crippen LogP contribution in [-0.2, 0) is 23.9 Å². The number of ether oxygens (including phenoxy) is 1. The highest BCUT2D eigenvalue weighted by Gasteiger charge is 2.69. The third-order valence-corrected chi connectivity index (χ3v) is 7.62. The van der Waals surface area contributed by atoms with Crippen LogP contribution >= 0.6 is 0 Å². The summed E-state index contributed by atoms with van der Waals surface area (Å²) in [5, 5.41) is 15.7. The van der Waals surface area contributed by atoms with Crippen LogP contribution in [0.4, 0.5) is 13.2 Å². The normalized spacial score (nSPS) is 28.8. The average molecular weight is 520 g/mol. The van der Waals surface area contributed by atoms with Crippen LogP contribution in [0, 0.1) is 28.6 Å². The molecule has 0 bridgehead atoms. The summed E-state index contributed by atoms with van der Waals surface area (Å²) in [5.41, 5.74) is -0.593. The Hall–Kier alpha value is -2.21. The standard InChI is InChI=1S/C24H36F3N3O6/c1-22(2,3)9-15(31)21(35)30-10-13-17(23(13,4)5)18(30)20(34)29-14(8-12-6-7-28-19(12)33)16(32)11-36-24(25,26)27/h12-15,17-18,31H,6-11H2,1-5H3,(H,28,33)(H,29,34)/t12-,13-,14-,15?,17-,18-/m0/s1. The van der Waals surface area contributed by atoms with Gasteiger partial charge >= 0.3 is 6.36 Å². The number of rotatable bonds is 9. The van der Waals surface area contributed by atoms with Crippen molar-refractivity contribution in [2.45, 2.75) is 78.4 Å². The lowest BCUT2D eigenvalue weighted by Crippen LogP contribution is -2.56. The van der Waals surface area contributed by atoms with E-state index in [0.29, 0.717) is 13.0 Å². The first-order chi connectivity index (χ1) is 16.4. The van der Waals surface area contributed by atoms with E-state index >= 15 is 0 Å². The van der Waals surface area contributed by atoms with Crippen molar-refractivity contribution in [3.8, 4) is 0 Å². The van der Waals surface area contributed by atoms with Crippen molar-refractivity contribution in [1.82, 2.24) is 15.5 Å². The van der Waals surface area contributed by atoms with Crippen molar-refractivity contribution in [3.05, 3.63) is 0 Å². The van der Waals surface area contributed by atoms with Crippen LogP contribution in [0.1, 0.15) is 53.9 Å². The molecule has 3 amide bonds. The molecule has 3 N–H and O–H groups in total. The van der Waals surface area contributed by atoms with Gasteiger partial charge in [-0.05, 0) is 41.9 Å². The maximum atomic E-state index is 13.5. The van der Waals surface area contributed by atoms with E-state index in [1.165, 1.54) is 4.90 Å². The number of carbonyl (C=O) groups is 4. The van der Waals surface area contributed by atoms with Crippen LogP contribution in [0.15, 0.2) is 0 Å². The molecular weight excluding hydrogens is 483 g/mol. The van der Waals surface area contributed by atoms with Crippen LogP contribution in [0.25, 0.3) is 0 Å². The fourth-order valence-electron chi connectivity index (χ4n) is 5.61. The molecule has 3 rings (SSSR count). The number of hydrogen-bond acceptors (Lipinski definition) is 6. The number of piperidine rings is 1. The number of ketones is 1. The molecule has 6 atom stereocenters. The number of hydrogen-bond donors (Lipinski definition) is 3. The second kappa shape index (κ2) is 9.92. The summed E-state index contributed by atoms with van der Waals surface area (Å²) in [4.78, 5) is 52.6. The number of carbonyl (C=O) groups excluding carboxylic acids is 4. The maximum Gasteiger partial charge on any atom is 0.522 e. The van der Waals surface area contributed by atoms with Crippen molar-refractivity contribution >= 4 is 23.5 Å². The molecular formula is C24H36F3N3O6. The van der Waals surface area contributed by atoms with Crippen molar-refractivity contribution < 1.29 is 42.2 Å². The number of likely N-dealkylation sites (tertiary alicyclic amines) is 1. The molecule has 3 aliphatic rings. The van der Waals surface area contributed by atoms with Gasteiger partial charge in [-0.2, -0.15) is 0 Å². The Morgan fingerprint density at radius 3 is 2.42 bits per heavy atom. The molecule has 0 spiro atoms. The van der Waals surface area contributed by atoms with Gasteiger partial charge in [0, 0.05) is 19.0 Å². The lowest BCUT2D eigenvalue weighted by molar-refractivity contribution is -0.321. The molecule has 12 heteroatoms. The largest absolute Gasteiger partial charge is 0.522 e. The molecule has 2 aliphatic heterocycles. The highest BCUT2D eigenvalue weighted by atomic mass is 19.4. The summed E-state index contributed by atoms with van der Waals surface area (Å²) in [5.74, 6) is -3.49. The Bertz CT molecular complexity index is 901. The molecule has 9 nitrogen and oxygen atoms in total. The molecule has 2 saturated heterocycles. The highest BCUT2D eigenvalue weighted by Crippen LogP contribution is 2.65. The summed E-state index contributed by atoms with van der Waals surface area (Å²) in [6.45, 7) is 8.85. The van der Waals surface area contributed by atoms with Gasteiger partial charge < -0.3 is 20.6 Å². The van der Waals surface area contributed by atoms with Gasteiger partial charge in [-0.15, -0.1) is 13.2 Å². The molecule has 1 saturated carbocycles. The number of amides is 3. The van der Waals surface area contributed by atoms with Crippen LogP contribution in [0.3, 0.4) is 0 Å². The van der Waals surface area contributed by atoms with Gasteiger partial charge in [0.05, 0.1) is 6.04 Å². The summed E-state index contributed by atoms with van der Waals surface area (Å²) in [6, 6.07) is -2.38. The van der Waals surface area contributed by atoms with Crippen LogP contribution in [0.2, 0.25) is 0 Å². The Kier molecular flexibility index (Phi) is 7.82. The second-order valence-electron chi connectivity index (χ2n) is 11.9. The zero-order valence-electron chi connectivity index (χ0n) is 21.3. The van der Waals surface area contributed by atoms with Gasteiger partial charge in [0.25, 0.3) is 5.91 Å². The third kappa shape index (κ3) is 6.37. The van der Waals surface area contributed by atoms with Gasteiger partial charge in [0.1, 0.15) is 18.8 Å². The fourth-order valence-corrected chi connectivity index (χ4v) is 5.61. The number of Topliss-reactive ketones (excluding diaryl/α,β-unsaturated/α-hetero) is 1. The Morgan fingerprint density at radius 1 is 1.25 bits per heavy atom. The van der Waals surface area contributed by atoms with Gasteiger partial charge in [0.15, 0.2) is 5.78 Å². The molecule has 0 aromatic carbocycles. The number of nitrogens with zero attached hydrogens (tertiary/aromatic N) is 1. The number of aliphatic hydroxyl groups is 1. The number of fused-ring (bicyclic) bond motifs is 1. The summed E-state index contributed by atoms with van der Waals surface area (Å²) >= 11 is 0. The van der Waals surface area contributed by atoms with Crippen molar-refractivity contribution in [2.75, 3.05) is 19.7 Å². The number of halogens is 3. The summed E-state index contributed by atoms with van der Waals surface area (Å²) in [6.07, 6.45) is -5.97. The highest BCUT2D eigenvalue weighted by molar-refractivity contribution is 5.95. The van der Waals surface area contributed by atoms with E-state index in [-0.39, 0.29) is 48.0 Å². The van der Waals surface area contributed by atoms with Crippen molar-refractivity contribution in [2.24, 2.45) is 28.6 Å². The Morgan fingerprint density at radius 2 is 1.89 bits per heavy atom. The monoisotopic (exact) mass is 519 g/mol. The SMILES string of the molecule is CC(C)(C)CC(O)C(=O)N1C[C@H]2[C@@H]([C@H]1C(=O)N[C@@H](C[C@@H]1CCNC1=O)C(=O)COC(F)(F)F)C2(C)C. The first-order valence-corrected chi connectivity index (χ1v) is 12.2. The van der Waals surface area contributed by atoms with Crippen LogP contribution < -0.4 is 10.6 Å². The van der Waals surface area contributed by atoms with Crippen molar-refractivity contribution in [3.63, 3.8) is 0 Å². The topological polar surface area (TPSA) is 125 Å². The molecule has 3 fully saturated rings. The summed E-state index contributed by atoms with van der Waals surface area (Å²) < 4.78 is 41.3. The zero-order chi connectivity index (χ0) is 27.2. The predicted molar refractivity (Wildman–Crippen MR) is 121 cm³/mol. The van der Waals surface area contributed by atoms with E-state index in [1.54, 1.807) is 0 Å². The van der Waals surface area contributed by atoms with Gasteiger partial charge in [-0.1, -0.05) is 34.6 Å². The van der Waals surface area contributed by atoms with Gasteiger partial charge in [-0.25, -0.2) is 0 Å². The van der Waals surface area contributed by atoms with E-state index in [4.69, 9.17) is 0 Å². The maximum absolute atomic E-state index is 13.5. The van der Waals surface area contributed by atoms with E-state index in [1.807, 2.05) is 34.6 Å². The van der Waals surface area contributed by atoms with E-state index in [0.717, 1.165) is 0 Å². The quantitative estimate of drug-likeness (QED) is 0.423. The average Bonchev–Trinajstić information content (AvgIpc) is 3.09. The molecule has 1 aliphatic carbocycles. The molecule has 36 heavy (non-hydrogen) atoms. The minimum absolute atomic E-state index is 0.0161. The van der Waals surface area contributed by atoms with Gasteiger partial charge in [0.2, 0.25) is 11.8 Å². The molecule has 0 aromatic rings. The van der Waals surface area contributed by atoms with Crippen LogP contribution in [-0.4, -0.2) is 77.8 Å². The minimum Gasteiger partial charge on any atom is -0.383 e. The first-order valence-electron chi connectivity index (χ1n) is 12.2. The number of alkyl halides is 3. The van der Waals surface area contributed by atoms with Gasteiger partial charge in [-0.3, -0.25) is 23.9 Å². The third-order valence-electron chi connectivity index (χ3n) is 7.62. The molecule has 2 heterocycles. The van der Waals surface area contributed by atoms with E-state index < -0.39 is 54.7 Å². The molecule has 0 aromatic heterocycles. The molecule has 1 unspecified atom stereocenters. The lowest BCUT2D eigenvalue weighted by Gasteiger charge is -2.34. The lowest BCUT2D eigenvalue weighted by atomic mass is 9.88. The van der Waals surface area contributed by atoms with E-state index in [2.05, 4.69) is 15.4 Å². The van der Waals surface area contributed by atoms with E-state index in [9.17, 15) is 37.5 Å². The first kappa shape index (κ1) is 28.4. The molecule has 204 valence electrons. The van der Waals surface area contributed by atoms with Crippen molar-refractivity contribution in [1.29, 1.82) is 0 Å². The zero-order valence-corrected chi connectivity index (χ0v) is 21.3. The number of nitrogens with one attached hydrogen (secondary N) is 2. The second-order valence-corrected chi connectivity index (χ2v) is 11.9. The minimum atomic E-state index is -5.03. The Balaban J connectivity index is 1.78. The molecule has 0 radical (unpaired) electrons.